The molecular formula is C23H34N4O2. The molecule has 0 unspecified atom stereocenters. The molecule has 1 aromatic heterocycles. The first-order valence-electron chi connectivity index (χ1n) is 11.6. The van der Waals surface area contributed by atoms with Crippen LogP contribution in [0.4, 0.5) is 0 Å². The number of carbonyl (C=O) groups excluding carboxylic acids is 2. The highest BCUT2D eigenvalue weighted by atomic mass is 16.2. The van der Waals surface area contributed by atoms with E-state index in [0.29, 0.717) is 23.4 Å². The summed E-state index contributed by atoms with van der Waals surface area (Å²) in [6.07, 6.45) is 9.50. The molecule has 0 aromatic carbocycles. The van der Waals surface area contributed by atoms with Crippen LogP contribution in [0, 0.1) is 17.3 Å². The van der Waals surface area contributed by atoms with Crippen molar-refractivity contribution in [1.29, 1.82) is 0 Å². The van der Waals surface area contributed by atoms with Crippen LogP contribution in [0.2, 0.25) is 0 Å². The van der Waals surface area contributed by atoms with E-state index < -0.39 is 5.41 Å². The molecule has 6 heteroatoms. The van der Waals surface area contributed by atoms with Crippen LogP contribution in [0.25, 0.3) is 0 Å². The van der Waals surface area contributed by atoms with Gasteiger partial charge in [0.25, 0.3) is 5.91 Å². The lowest BCUT2D eigenvalue weighted by atomic mass is 9.69. The SMILES string of the molecule is CC(C)CC[C@]1(C(=O)NCC2CC2)C[C@H]2CC[C@@H]1N2C(=O)c1cc(C2CC2)[nH]n1. The molecule has 5 rings (SSSR count). The van der Waals surface area contributed by atoms with E-state index in [1.165, 1.54) is 25.7 Å². The summed E-state index contributed by atoms with van der Waals surface area (Å²) < 4.78 is 0. The fourth-order valence-electron chi connectivity index (χ4n) is 5.58. The van der Waals surface area contributed by atoms with Gasteiger partial charge in [-0.1, -0.05) is 13.8 Å². The average Bonchev–Trinajstić information content (AvgIpc) is 3.62. The van der Waals surface area contributed by atoms with Gasteiger partial charge in [0, 0.05) is 30.2 Å². The molecule has 0 spiro atoms. The van der Waals surface area contributed by atoms with Gasteiger partial charge in [-0.15, -0.1) is 0 Å². The normalized spacial score (nSPS) is 30.9. The van der Waals surface area contributed by atoms with Crippen LogP contribution in [-0.4, -0.2) is 45.5 Å². The highest BCUT2D eigenvalue weighted by Gasteiger charge is 2.61. The van der Waals surface area contributed by atoms with E-state index in [-0.39, 0.29) is 23.9 Å². The Morgan fingerprint density at radius 3 is 2.72 bits per heavy atom. The third-order valence-electron chi connectivity index (χ3n) is 7.68. The molecule has 2 aliphatic carbocycles. The van der Waals surface area contributed by atoms with E-state index in [1.54, 1.807) is 0 Å². The number of fused-ring (bicyclic) bond motifs is 2. The van der Waals surface area contributed by atoms with Crippen LogP contribution in [0.3, 0.4) is 0 Å². The van der Waals surface area contributed by atoms with E-state index in [4.69, 9.17) is 0 Å². The highest BCUT2D eigenvalue weighted by molar-refractivity contribution is 5.95. The minimum Gasteiger partial charge on any atom is -0.355 e. The average molecular weight is 399 g/mol. The van der Waals surface area contributed by atoms with E-state index in [1.807, 2.05) is 11.0 Å². The predicted molar refractivity (Wildman–Crippen MR) is 110 cm³/mol. The van der Waals surface area contributed by atoms with Crippen molar-refractivity contribution in [3.63, 3.8) is 0 Å². The molecule has 2 N–H and O–H groups in total. The molecule has 4 fully saturated rings. The highest BCUT2D eigenvalue weighted by Crippen LogP contribution is 2.53. The van der Waals surface area contributed by atoms with Crippen molar-refractivity contribution in [1.82, 2.24) is 20.4 Å². The number of aromatic nitrogens is 2. The molecule has 6 nitrogen and oxygen atoms in total. The molecule has 3 atom stereocenters. The number of carbonyl (C=O) groups is 2. The molecule has 2 amide bonds. The summed E-state index contributed by atoms with van der Waals surface area (Å²) >= 11 is 0. The van der Waals surface area contributed by atoms with Gasteiger partial charge in [0.1, 0.15) is 5.69 Å². The number of amides is 2. The monoisotopic (exact) mass is 398 g/mol. The third kappa shape index (κ3) is 3.49. The molecule has 2 saturated heterocycles. The van der Waals surface area contributed by atoms with Crippen molar-refractivity contribution in [2.45, 2.75) is 89.6 Å². The number of hydrogen-bond donors (Lipinski definition) is 2. The maximum atomic E-state index is 13.4. The number of nitrogens with one attached hydrogen (secondary N) is 2. The topological polar surface area (TPSA) is 78.1 Å². The zero-order valence-electron chi connectivity index (χ0n) is 17.7. The second-order valence-electron chi connectivity index (χ2n) is 10.4. The molecule has 4 aliphatic rings. The maximum Gasteiger partial charge on any atom is 0.274 e. The van der Waals surface area contributed by atoms with Gasteiger partial charge < -0.3 is 10.2 Å². The first kappa shape index (κ1) is 19.1. The largest absolute Gasteiger partial charge is 0.355 e. The summed E-state index contributed by atoms with van der Waals surface area (Å²) in [5, 5.41) is 10.7. The lowest BCUT2D eigenvalue weighted by Gasteiger charge is -2.36. The minimum atomic E-state index is -0.423. The van der Waals surface area contributed by atoms with E-state index >= 15 is 0 Å². The van der Waals surface area contributed by atoms with Gasteiger partial charge in [0.05, 0.1) is 5.41 Å². The van der Waals surface area contributed by atoms with Gasteiger partial charge in [-0.05, 0) is 75.7 Å². The Kier molecular flexibility index (Phi) is 4.71. The molecule has 2 bridgehead atoms. The fraction of sp³-hybridized carbons (Fsp3) is 0.783. The van der Waals surface area contributed by atoms with Crippen LogP contribution in [0.1, 0.15) is 93.7 Å². The van der Waals surface area contributed by atoms with Crippen molar-refractivity contribution in [2.75, 3.05) is 6.54 Å². The summed E-state index contributed by atoms with van der Waals surface area (Å²) in [4.78, 5) is 28.9. The zero-order chi connectivity index (χ0) is 20.2. The maximum absolute atomic E-state index is 13.4. The van der Waals surface area contributed by atoms with Crippen LogP contribution in [0.5, 0.6) is 0 Å². The summed E-state index contributed by atoms with van der Waals surface area (Å²) in [6.45, 7) is 5.24. The van der Waals surface area contributed by atoms with Crippen LogP contribution in [-0.2, 0) is 4.79 Å². The number of H-pyrrole nitrogens is 1. The molecule has 158 valence electrons. The second-order valence-corrected chi connectivity index (χ2v) is 10.4. The van der Waals surface area contributed by atoms with Gasteiger partial charge in [-0.2, -0.15) is 5.10 Å². The van der Waals surface area contributed by atoms with Crippen molar-refractivity contribution in [2.24, 2.45) is 17.3 Å². The van der Waals surface area contributed by atoms with E-state index in [9.17, 15) is 9.59 Å². The lowest BCUT2D eigenvalue weighted by molar-refractivity contribution is -0.133. The van der Waals surface area contributed by atoms with Gasteiger partial charge in [-0.25, -0.2) is 0 Å². The van der Waals surface area contributed by atoms with Crippen molar-refractivity contribution >= 4 is 11.8 Å². The minimum absolute atomic E-state index is 0.0130. The number of hydrogen-bond acceptors (Lipinski definition) is 3. The number of nitrogens with zero attached hydrogens (tertiary/aromatic N) is 2. The molecule has 0 radical (unpaired) electrons. The van der Waals surface area contributed by atoms with Gasteiger partial charge >= 0.3 is 0 Å². The first-order valence-corrected chi connectivity index (χ1v) is 11.6. The quantitative estimate of drug-likeness (QED) is 0.702. The van der Waals surface area contributed by atoms with Crippen LogP contribution in [0.15, 0.2) is 6.07 Å². The summed E-state index contributed by atoms with van der Waals surface area (Å²) in [5.74, 6) is 1.98. The Labute approximate surface area is 173 Å². The van der Waals surface area contributed by atoms with Gasteiger partial charge in [0.2, 0.25) is 5.91 Å². The summed E-state index contributed by atoms with van der Waals surface area (Å²) in [6, 6.07) is 2.13. The van der Waals surface area contributed by atoms with Gasteiger partial charge in [-0.3, -0.25) is 14.7 Å². The standard InChI is InChI=1S/C23H34N4O2/c1-14(2)9-10-23(22(29)24-13-15-3-4-15)12-17-7-8-20(23)27(17)21(28)19-11-18(25-26-19)16-5-6-16/h11,14-17,20H,3-10,12-13H2,1-2H3,(H,24,29)(H,25,26)/t17-,20+,23+/m1/s1. The Hall–Kier alpha value is -1.85. The third-order valence-corrected chi connectivity index (χ3v) is 7.68. The van der Waals surface area contributed by atoms with E-state index in [2.05, 4.69) is 29.4 Å². The van der Waals surface area contributed by atoms with Crippen LogP contribution < -0.4 is 5.32 Å². The van der Waals surface area contributed by atoms with Crippen molar-refractivity contribution in [3.8, 4) is 0 Å². The van der Waals surface area contributed by atoms with Crippen molar-refractivity contribution in [3.05, 3.63) is 17.5 Å². The first-order chi connectivity index (χ1) is 14.0. The Morgan fingerprint density at radius 1 is 1.24 bits per heavy atom. The smallest absolute Gasteiger partial charge is 0.274 e. The number of rotatable bonds is 8. The zero-order valence-corrected chi connectivity index (χ0v) is 17.7. The van der Waals surface area contributed by atoms with Crippen molar-refractivity contribution < 1.29 is 9.59 Å². The lowest BCUT2D eigenvalue weighted by Crippen LogP contribution is -2.50. The Balaban J connectivity index is 1.37. The fourth-order valence-corrected chi connectivity index (χ4v) is 5.58. The second kappa shape index (κ2) is 7.13. The van der Waals surface area contributed by atoms with Crippen LogP contribution >= 0.6 is 0 Å². The summed E-state index contributed by atoms with van der Waals surface area (Å²) in [7, 11) is 0. The molecule has 29 heavy (non-hydrogen) atoms. The Morgan fingerprint density at radius 2 is 2.03 bits per heavy atom. The number of aromatic amines is 1. The predicted octanol–water partition coefficient (Wildman–Crippen LogP) is 3.61. The molecule has 2 saturated carbocycles. The Bertz CT molecular complexity index is 795. The molecular weight excluding hydrogens is 364 g/mol. The van der Waals surface area contributed by atoms with Gasteiger partial charge in [0.15, 0.2) is 0 Å². The molecule has 3 heterocycles. The summed E-state index contributed by atoms with van der Waals surface area (Å²) in [5.41, 5.74) is 1.20. The molecule has 1 aromatic rings. The van der Waals surface area contributed by atoms with E-state index in [0.717, 1.165) is 44.3 Å². The molecule has 2 aliphatic heterocycles.